The van der Waals surface area contributed by atoms with E-state index in [0.29, 0.717) is 6.54 Å². The minimum atomic E-state index is 0.467. The smallest absolute Gasteiger partial charge is 0.157 e. The molecule has 0 unspecified atom stereocenters. The van der Waals surface area contributed by atoms with Crippen LogP contribution in [0.1, 0.15) is 5.69 Å². The topological polar surface area (TPSA) is 51.8 Å². The van der Waals surface area contributed by atoms with Gasteiger partial charge in [0.2, 0.25) is 0 Å². The molecule has 3 nitrogen and oxygen atoms in total. The first-order valence-corrected chi connectivity index (χ1v) is 7.18. The highest BCUT2D eigenvalue weighted by molar-refractivity contribution is 8.01. The molecular formula is C13H11N3S2. The molecule has 0 spiro atoms. The van der Waals surface area contributed by atoms with Gasteiger partial charge in [0.05, 0.1) is 15.9 Å². The summed E-state index contributed by atoms with van der Waals surface area (Å²) in [4.78, 5) is 9.04. The molecule has 0 atom stereocenters. The summed E-state index contributed by atoms with van der Waals surface area (Å²) in [5.41, 5.74) is 7.53. The molecule has 18 heavy (non-hydrogen) atoms. The summed E-state index contributed by atoms with van der Waals surface area (Å²) in [6.07, 6.45) is 0. The van der Waals surface area contributed by atoms with Crippen LogP contribution >= 0.6 is 23.1 Å². The van der Waals surface area contributed by atoms with E-state index in [1.807, 2.05) is 36.4 Å². The first-order valence-electron chi connectivity index (χ1n) is 5.54. The van der Waals surface area contributed by atoms with Crippen molar-refractivity contribution in [3.8, 4) is 0 Å². The molecule has 0 saturated heterocycles. The van der Waals surface area contributed by atoms with Gasteiger partial charge in [-0.25, -0.2) is 9.97 Å². The zero-order valence-corrected chi connectivity index (χ0v) is 11.2. The van der Waals surface area contributed by atoms with Gasteiger partial charge in [-0.05, 0) is 36.0 Å². The van der Waals surface area contributed by atoms with Crippen molar-refractivity contribution < 1.29 is 0 Å². The Morgan fingerprint density at radius 2 is 1.94 bits per heavy atom. The van der Waals surface area contributed by atoms with Crippen LogP contribution in [0.4, 0.5) is 0 Å². The van der Waals surface area contributed by atoms with E-state index in [2.05, 4.69) is 16.0 Å². The maximum absolute atomic E-state index is 5.59. The van der Waals surface area contributed by atoms with Crippen molar-refractivity contribution in [3.63, 3.8) is 0 Å². The number of para-hydroxylation sites is 1. The molecule has 0 aliphatic carbocycles. The Bertz CT molecular complexity index is 646. The molecular weight excluding hydrogens is 262 g/mol. The maximum Gasteiger partial charge on any atom is 0.157 e. The summed E-state index contributed by atoms with van der Waals surface area (Å²) < 4.78 is 2.22. The second kappa shape index (κ2) is 5.06. The summed E-state index contributed by atoms with van der Waals surface area (Å²) in [7, 11) is 0. The van der Waals surface area contributed by atoms with Gasteiger partial charge >= 0.3 is 0 Å². The van der Waals surface area contributed by atoms with Crippen LogP contribution in [0, 0.1) is 0 Å². The van der Waals surface area contributed by atoms with Gasteiger partial charge in [-0.2, -0.15) is 0 Å². The zero-order chi connectivity index (χ0) is 12.4. The van der Waals surface area contributed by atoms with Gasteiger partial charge in [0.1, 0.15) is 5.03 Å². The molecule has 3 rings (SSSR count). The minimum Gasteiger partial charge on any atom is -0.325 e. The third-order valence-corrected chi connectivity index (χ3v) is 4.49. The van der Waals surface area contributed by atoms with Crippen molar-refractivity contribution in [2.45, 2.75) is 15.9 Å². The van der Waals surface area contributed by atoms with E-state index in [0.717, 1.165) is 20.6 Å². The number of fused-ring (bicyclic) bond motifs is 1. The lowest BCUT2D eigenvalue weighted by atomic mass is 10.3. The molecule has 5 heteroatoms. The fraction of sp³-hybridized carbons (Fsp3) is 0.0769. The van der Waals surface area contributed by atoms with E-state index >= 15 is 0 Å². The van der Waals surface area contributed by atoms with Crippen molar-refractivity contribution in [2.75, 3.05) is 0 Å². The Hall–Kier alpha value is -1.43. The first kappa shape index (κ1) is 11.6. The number of nitrogens with zero attached hydrogens (tertiary/aromatic N) is 2. The molecule has 1 aromatic carbocycles. The number of nitrogens with two attached hydrogens (primary N) is 1. The van der Waals surface area contributed by atoms with Gasteiger partial charge in [0, 0.05) is 6.54 Å². The van der Waals surface area contributed by atoms with Crippen molar-refractivity contribution in [1.29, 1.82) is 0 Å². The summed E-state index contributed by atoms with van der Waals surface area (Å²) in [5.74, 6) is 0. The minimum absolute atomic E-state index is 0.467. The molecule has 0 saturated carbocycles. The lowest BCUT2D eigenvalue weighted by Gasteiger charge is -1.99. The number of pyridine rings is 1. The van der Waals surface area contributed by atoms with Gasteiger partial charge in [-0.15, -0.1) is 11.3 Å². The van der Waals surface area contributed by atoms with Crippen molar-refractivity contribution in [3.05, 3.63) is 48.2 Å². The molecule has 3 aromatic rings. The molecule has 2 aromatic heterocycles. The Balaban J connectivity index is 1.91. The van der Waals surface area contributed by atoms with Crippen LogP contribution in [0.2, 0.25) is 0 Å². The molecule has 90 valence electrons. The van der Waals surface area contributed by atoms with Crippen LogP contribution in [-0.4, -0.2) is 9.97 Å². The average Bonchev–Trinajstić information content (AvgIpc) is 2.81. The van der Waals surface area contributed by atoms with Crippen molar-refractivity contribution >= 4 is 33.3 Å². The van der Waals surface area contributed by atoms with Gasteiger partial charge in [-0.1, -0.05) is 18.2 Å². The predicted octanol–water partition coefficient (Wildman–Crippen LogP) is 3.30. The maximum atomic E-state index is 5.59. The molecule has 0 radical (unpaired) electrons. The zero-order valence-electron chi connectivity index (χ0n) is 9.54. The van der Waals surface area contributed by atoms with E-state index < -0.39 is 0 Å². The Kier molecular flexibility index (Phi) is 3.27. The number of aromatic nitrogens is 2. The summed E-state index contributed by atoms with van der Waals surface area (Å²) in [6, 6.07) is 14.0. The van der Waals surface area contributed by atoms with Crippen LogP contribution in [-0.2, 0) is 6.54 Å². The van der Waals surface area contributed by atoms with E-state index in [1.165, 1.54) is 4.70 Å². The van der Waals surface area contributed by atoms with Crippen LogP contribution < -0.4 is 5.73 Å². The Labute approximate surface area is 113 Å². The Morgan fingerprint density at radius 3 is 2.78 bits per heavy atom. The van der Waals surface area contributed by atoms with Crippen molar-refractivity contribution in [2.24, 2.45) is 5.73 Å². The fourth-order valence-corrected chi connectivity index (χ4v) is 3.63. The van der Waals surface area contributed by atoms with Gasteiger partial charge in [0.25, 0.3) is 0 Å². The average molecular weight is 273 g/mol. The molecule has 0 bridgehead atoms. The lowest BCUT2D eigenvalue weighted by Crippen LogP contribution is -1.99. The normalized spacial score (nSPS) is 10.9. The van der Waals surface area contributed by atoms with Crippen LogP contribution in [0.15, 0.2) is 51.8 Å². The second-order valence-corrected chi connectivity index (χ2v) is 6.02. The van der Waals surface area contributed by atoms with Crippen LogP contribution in [0.3, 0.4) is 0 Å². The fourth-order valence-electron chi connectivity index (χ4n) is 1.61. The summed E-state index contributed by atoms with van der Waals surface area (Å²) >= 11 is 3.27. The van der Waals surface area contributed by atoms with E-state index in [-0.39, 0.29) is 0 Å². The highest BCUT2D eigenvalue weighted by Crippen LogP contribution is 2.33. The second-order valence-electron chi connectivity index (χ2n) is 3.72. The number of hydrogen-bond acceptors (Lipinski definition) is 5. The standard InChI is InChI=1S/C13H11N3S2/c14-8-9-4-3-7-12(15-9)18-13-16-10-5-1-2-6-11(10)17-13/h1-7H,8,14H2. The molecule has 0 aliphatic rings. The highest BCUT2D eigenvalue weighted by Gasteiger charge is 2.06. The van der Waals surface area contributed by atoms with Gasteiger partial charge < -0.3 is 5.73 Å². The molecule has 0 amide bonds. The third-order valence-electron chi connectivity index (χ3n) is 2.46. The summed E-state index contributed by atoms with van der Waals surface area (Å²) in [5, 5.41) is 0.942. The van der Waals surface area contributed by atoms with E-state index in [1.54, 1.807) is 23.1 Å². The largest absolute Gasteiger partial charge is 0.325 e. The predicted molar refractivity (Wildman–Crippen MR) is 75.9 cm³/mol. The summed E-state index contributed by atoms with van der Waals surface area (Å²) in [6.45, 7) is 0.467. The van der Waals surface area contributed by atoms with Gasteiger partial charge in [-0.3, -0.25) is 0 Å². The van der Waals surface area contributed by atoms with Crippen LogP contribution in [0.25, 0.3) is 10.2 Å². The van der Waals surface area contributed by atoms with E-state index in [9.17, 15) is 0 Å². The third kappa shape index (κ3) is 2.38. The molecule has 2 N–H and O–H groups in total. The quantitative estimate of drug-likeness (QED) is 0.795. The molecule has 0 fully saturated rings. The van der Waals surface area contributed by atoms with E-state index in [4.69, 9.17) is 5.73 Å². The number of hydrogen-bond donors (Lipinski definition) is 1. The lowest BCUT2D eigenvalue weighted by molar-refractivity contribution is 0.941. The number of benzene rings is 1. The Morgan fingerprint density at radius 1 is 1.06 bits per heavy atom. The van der Waals surface area contributed by atoms with Crippen LogP contribution in [0.5, 0.6) is 0 Å². The first-order chi connectivity index (χ1) is 8.85. The SMILES string of the molecule is NCc1cccc(Sc2nc3ccccc3s2)n1. The van der Waals surface area contributed by atoms with Gasteiger partial charge in [0.15, 0.2) is 4.34 Å². The number of rotatable bonds is 3. The van der Waals surface area contributed by atoms with Crippen molar-refractivity contribution in [1.82, 2.24) is 9.97 Å². The molecule has 2 heterocycles. The highest BCUT2D eigenvalue weighted by atomic mass is 32.2. The molecule has 0 aliphatic heterocycles. The number of thiazole rings is 1. The monoisotopic (exact) mass is 273 g/mol.